The first-order chi connectivity index (χ1) is 12.7. The zero-order valence-corrected chi connectivity index (χ0v) is 14.6. The number of amides is 1. The molecule has 2 aromatic carbocycles. The molecule has 2 heterocycles. The highest BCUT2D eigenvalue weighted by atomic mass is 16.2. The maximum Gasteiger partial charge on any atom is 0.241 e. The maximum atomic E-state index is 12.5. The first-order valence-corrected chi connectivity index (χ1v) is 8.84. The van der Waals surface area contributed by atoms with Gasteiger partial charge in [-0.3, -0.25) is 4.79 Å². The number of fused-ring (bicyclic) bond motifs is 3. The Morgan fingerprint density at radius 1 is 1.31 bits per heavy atom. The maximum absolute atomic E-state index is 12.5. The van der Waals surface area contributed by atoms with Crippen LogP contribution in [0.25, 0.3) is 21.8 Å². The molecule has 1 aliphatic heterocycles. The van der Waals surface area contributed by atoms with Gasteiger partial charge in [-0.1, -0.05) is 18.2 Å². The zero-order chi connectivity index (χ0) is 18.1. The van der Waals surface area contributed by atoms with E-state index in [0.29, 0.717) is 13.0 Å². The third kappa shape index (κ3) is 2.75. The minimum Gasteiger partial charge on any atom is -0.341 e. The molecule has 1 aromatic heterocycles. The zero-order valence-electron chi connectivity index (χ0n) is 14.6. The highest BCUT2D eigenvalue weighted by Gasteiger charge is 2.25. The summed E-state index contributed by atoms with van der Waals surface area (Å²) in [5.41, 5.74) is 4.14. The van der Waals surface area contributed by atoms with E-state index in [4.69, 9.17) is 5.26 Å². The number of hydrogen-bond acceptors (Lipinski definition) is 3. The second-order valence-corrected chi connectivity index (χ2v) is 6.55. The fourth-order valence-electron chi connectivity index (χ4n) is 3.75. The summed E-state index contributed by atoms with van der Waals surface area (Å²) in [6, 6.07) is 16.1. The van der Waals surface area contributed by atoms with E-state index in [0.717, 1.165) is 23.2 Å². The van der Waals surface area contributed by atoms with Crippen LogP contribution in [0, 0.1) is 11.3 Å². The van der Waals surface area contributed by atoms with Gasteiger partial charge >= 0.3 is 0 Å². The SMILES string of the molecule is CCn1c2ccccc2c2cc(NC(=O)[C@@H]3C/C(=C\C#N)CN3)ccc21. The Hall–Kier alpha value is -3.10. The summed E-state index contributed by atoms with van der Waals surface area (Å²) < 4.78 is 2.29. The van der Waals surface area contributed by atoms with Crippen LogP contribution >= 0.6 is 0 Å². The van der Waals surface area contributed by atoms with Crippen molar-refractivity contribution in [2.45, 2.75) is 25.9 Å². The van der Waals surface area contributed by atoms with Crippen molar-refractivity contribution < 1.29 is 4.79 Å². The van der Waals surface area contributed by atoms with Gasteiger partial charge in [0.15, 0.2) is 0 Å². The molecule has 1 saturated heterocycles. The highest BCUT2D eigenvalue weighted by molar-refractivity contribution is 6.10. The van der Waals surface area contributed by atoms with Gasteiger partial charge in [-0.05, 0) is 43.2 Å². The Bertz CT molecular complexity index is 1070. The molecule has 3 aromatic rings. The number of nitrogens with zero attached hydrogens (tertiary/aromatic N) is 2. The van der Waals surface area contributed by atoms with Crippen LogP contribution in [0.15, 0.2) is 54.1 Å². The van der Waals surface area contributed by atoms with Gasteiger partial charge in [-0.2, -0.15) is 5.26 Å². The van der Waals surface area contributed by atoms with Crippen molar-refractivity contribution in [3.05, 3.63) is 54.1 Å². The van der Waals surface area contributed by atoms with E-state index in [1.807, 2.05) is 30.3 Å². The fraction of sp³-hybridized carbons (Fsp3) is 0.238. The predicted octanol–water partition coefficient (Wildman–Crippen LogP) is 3.56. The average molecular weight is 344 g/mol. The summed E-state index contributed by atoms with van der Waals surface area (Å²) in [6.45, 7) is 3.63. The number of para-hydroxylation sites is 1. The van der Waals surface area contributed by atoms with E-state index in [2.05, 4.69) is 40.3 Å². The summed E-state index contributed by atoms with van der Waals surface area (Å²) >= 11 is 0. The number of nitriles is 1. The lowest BCUT2D eigenvalue weighted by Gasteiger charge is -2.11. The number of carbonyl (C=O) groups is 1. The van der Waals surface area contributed by atoms with Crippen molar-refractivity contribution in [1.29, 1.82) is 5.26 Å². The molecular weight excluding hydrogens is 324 g/mol. The molecule has 1 amide bonds. The largest absolute Gasteiger partial charge is 0.341 e. The minimum absolute atomic E-state index is 0.0649. The molecule has 26 heavy (non-hydrogen) atoms. The van der Waals surface area contributed by atoms with Gasteiger partial charge in [0.2, 0.25) is 5.91 Å². The standard InChI is InChI=1S/C21H20N4O/c1-2-25-19-6-4-3-5-16(19)17-12-15(7-8-20(17)25)24-21(26)18-11-14(9-10-22)13-23-18/h3-9,12,18,23H,2,11,13H2,1H3,(H,24,26)/b14-9+/t18-/m0/s1. The predicted molar refractivity (Wildman–Crippen MR) is 104 cm³/mol. The molecule has 0 unspecified atom stereocenters. The molecule has 0 aliphatic carbocycles. The van der Waals surface area contributed by atoms with Gasteiger partial charge in [0.25, 0.3) is 0 Å². The summed E-state index contributed by atoms with van der Waals surface area (Å²) in [5, 5.41) is 17.2. The van der Waals surface area contributed by atoms with Crippen LogP contribution in [-0.4, -0.2) is 23.1 Å². The Labute approximate surface area is 151 Å². The third-order valence-electron chi connectivity index (χ3n) is 4.98. The van der Waals surface area contributed by atoms with E-state index in [1.54, 1.807) is 0 Å². The molecular formula is C21H20N4O. The number of rotatable bonds is 3. The first-order valence-electron chi connectivity index (χ1n) is 8.84. The number of aryl methyl sites for hydroxylation is 1. The first kappa shape index (κ1) is 16.4. The molecule has 0 spiro atoms. The monoisotopic (exact) mass is 344 g/mol. The van der Waals surface area contributed by atoms with Gasteiger partial charge in [-0.25, -0.2) is 0 Å². The van der Waals surface area contributed by atoms with E-state index in [9.17, 15) is 4.79 Å². The summed E-state index contributed by atoms with van der Waals surface area (Å²) in [4.78, 5) is 12.5. The molecule has 0 radical (unpaired) electrons. The van der Waals surface area contributed by atoms with Crippen LogP contribution in [0.1, 0.15) is 13.3 Å². The van der Waals surface area contributed by atoms with Gasteiger partial charge in [0.1, 0.15) is 0 Å². The molecule has 5 nitrogen and oxygen atoms in total. The average Bonchev–Trinajstić information content (AvgIpc) is 3.24. The van der Waals surface area contributed by atoms with Gasteiger partial charge < -0.3 is 15.2 Å². The van der Waals surface area contributed by atoms with E-state index >= 15 is 0 Å². The summed E-state index contributed by atoms with van der Waals surface area (Å²) in [6.07, 6.45) is 2.10. The van der Waals surface area contributed by atoms with E-state index in [1.165, 1.54) is 22.5 Å². The van der Waals surface area contributed by atoms with Crippen LogP contribution in [0.3, 0.4) is 0 Å². The lowest BCUT2D eigenvalue weighted by Crippen LogP contribution is -2.35. The van der Waals surface area contributed by atoms with Crippen molar-refractivity contribution in [2.24, 2.45) is 0 Å². The number of anilines is 1. The van der Waals surface area contributed by atoms with Crippen LogP contribution in [0.4, 0.5) is 5.69 Å². The van der Waals surface area contributed by atoms with Crippen molar-refractivity contribution >= 4 is 33.4 Å². The van der Waals surface area contributed by atoms with Crippen LogP contribution < -0.4 is 10.6 Å². The number of benzene rings is 2. The Balaban J connectivity index is 1.64. The number of carbonyl (C=O) groups excluding carboxylic acids is 1. The van der Waals surface area contributed by atoms with Crippen molar-refractivity contribution in [3.63, 3.8) is 0 Å². The van der Waals surface area contributed by atoms with Gasteiger partial charge in [0, 0.05) is 46.7 Å². The summed E-state index contributed by atoms with van der Waals surface area (Å²) in [7, 11) is 0. The molecule has 0 bridgehead atoms. The lowest BCUT2D eigenvalue weighted by molar-refractivity contribution is -0.117. The number of hydrogen-bond donors (Lipinski definition) is 2. The lowest BCUT2D eigenvalue weighted by atomic mass is 10.1. The second-order valence-electron chi connectivity index (χ2n) is 6.55. The third-order valence-corrected chi connectivity index (χ3v) is 4.98. The molecule has 130 valence electrons. The van der Waals surface area contributed by atoms with Crippen LogP contribution in [0.5, 0.6) is 0 Å². The highest BCUT2D eigenvalue weighted by Crippen LogP contribution is 2.31. The van der Waals surface area contributed by atoms with Gasteiger partial charge in [0.05, 0.1) is 12.1 Å². The second kappa shape index (κ2) is 6.66. The number of allylic oxidation sites excluding steroid dienone is 1. The molecule has 2 N–H and O–H groups in total. The fourth-order valence-corrected chi connectivity index (χ4v) is 3.75. The Morgan fingerprint density at radius 2 is 2.12 bits per heavy atom. The number of aromatic nitrogens is 1. The Kier molecular flexibility index (Phi) is 4.19. The van der Waals surface area contributed by atoms with Crippen LogP contribution in [0.2, 0.25) is 0 Å². The minimum atomic E-state index is -0.290. The number of nitrogens with one attached hydrogen (secondary N) is 2. The molecule has 1 atom stereocenters. The molecule has 5 heteroatoms. The van der Waals surface area contributed by atoms with Crippen molar-refractivity contribution in [2.75, 3.05) is 11.9 Å². The van der Waals surface area contributed by atoms with E-state index < -0.39 is 0 Å². The molecule has 1 fully saturated rings. The molecule has 4 rings (SSSR count). The molecule has 0 saturated carbocycles. The summed E-state index contributed by atoms with van der Waals surface area (Å²) in [5.74, 6) is -0.0649. The van der Waals surface area contributed by atoms with Crippen LogP contribution in [-0.2, 0) is 11.3 Å². The van der Waals surface area contributed by atoms with Crippen molar-refractivity contribution in [1.82, 2.24) is 9.88 Å². The normalized spacial score (nSPS) is 18.5. The van der Waals surface area contributed by atoms with E-state index in [-0.39, 0.29) is 11.9 Å². The topological polar surface area (TPSA) is 69.8 Å². The Morgan fingerprint density at radius 3 is 2.92 bits per heavy atom. The molecule has 1 aliphatic rings. The smallest absolute Gasteiger partial charge is 0.241 e. The van der Waals surface area contributed by atoms with Crippen molar-refractivity contribution in [3.8, 4) is 6.07 Å². The quantitative estimate of drug-likeness (QED) is 0.714. The van der Waals surface area contributed by atoms with Gasteiger partial charge in [-0.15, -0.1) is 0 Å².